The summed E-state index contributed by atoms with van der Waals surface area (Å²) in [5.74, 6) is -0.0261. The van der Waals surface area contributed by atoms with Crippen molar-refractivity contribution in [2.24, 2.45) is 0 Å². The fourth-order valence-electron chi connectivity index (χ4n) is 4.08. The first kappa shape index (κ1) is 28.6. The number of hydrogen-bond acceptors (Lipinski definition) is 6. The lowest BCUT2D eigenvalue weighted by Crippen LogP contribution is -2.08. The molecule has 0 bridgehead atoms. The van der Waals surface area contributed by atoms with E-state index in [1.165, 1.54) is 69.2 Å². The monoisotopic (exact) mass is 517 g/mol. The maximum absolute atomic E-state index is 12.4. The third kappa shape index (κ3) is 9.47. The number of benzene rings is 3. The summed E-state index contributed by atoms with van der Waals surface area (Å²) in [5, 5.41) is 10.7. The number of rotatable bonds is 15. The summed E-state index contributed by atoms with van der Waals surface area (Å²) in [6, 6.07) is 19.5. The van der Waals surface area contributed by atoms with Crippen LogP contribution in [-0.2, 0) is 4.79 Å². The van der Waals surface area contributed by atoms with E-state index in [1.807, 2.05) is 12.1 Å². The van der Waals surface area contributed by atoms with Gasteiger partial charge in [0.15, 0.2) is 0 Å². The highest BCUT2D eigenvalue weighted by Crippen LogP contribution is 2.24. The second-order valence-corrected chi connectivity index (χ2v) is 9.29. The molecule has 7 heteroatoms. The molecule has 0 spiro atoms. The van der Waals surface area contributed by atoms with Crippen LogP contribution >= 0.6 is 0 Å². The topological polar surface area (TPSA) is 95.7 Å². The molecule has 0 N–H and O–H groups in total. The molecule has 0 unspecified atom stereocenters. The van der Waals surface area contributed by atoms with E-state index < -0.39 is 10.9 Å². The molecule has 3 rings (SSSR count). The highest BCUT2D eigenvalue weighted by Gasteiger charge is 2.11. The van der Waals surface area contributed by atoms with E-state index in [-0.39, 0.29) is 17.4 Å². The number of carbonyl (C=O) groups is 2. The Hall–Kier alpha value is -4.00. The zero-order valence-electron chi connectivity index (χ0n) is 21.9. The number of nitro benzene ring substituents is 1. The van der Waals surface area contributed by atoms with Crippen LogP contribution in [0.25, 0.3) is 11.1 Å². The lowest BCUT2D eigenvalue weighted by atomic mass is 10.0. The first-order chi connectivity index (χ1) is 18.5. The van der Waals surface area contributed by atoms with Gasteiger partial charge in [0.25, 0.3) is 5.69 Å². The summed E-state index contributed by atoms with van der Waals surface area (Å²) in [5.41, 5.74) is 2.09. The Labute approximate surface area is 223 Å². The molecule has 3 aromatic carbocycles. The summed E-state index contributed by atoms with van der Waals surface area (Å²) >= 11 is 0. The van der Waals surface area contributed by atoms with Crippen LogP contribution in [0, 0.1) is 10.1 Å². The van der Waals surface area contributed by atoms with Crippen LogP contribution in [-0.4, -0.2) is 16.9 Å². The van der Waals surface area contributed by atoms with Gasteiger partial charge >= 0.3 is 11.9 Å². The van der Waals surface area contributed by atoms with Crippen molar-refractivity contribution < 1.29 is 24.0 Å². The van der Waals surface area contributed by atoms with E-state index >= 15 is 0 Å². The number of unbranched alkanes of at least 4 members (excludes halogenated alkanes) is 8. The number of nitrogens with zero attached hydrogens (tertiary/aromatic N) is 1. The summed E-state index contributed by atoms with van der Waals surface area (Å²) in [7, 11) is 0. The predicted molar refractivity (Wildman–Crippen MR) is 147 cm³/mol. The molecule has 0 amide bonds. The molecule has 0 fully saturated rings. The highest BCUT2D eigenvalue weighted by molar-refractivity contribution is 5.91. The second kappa shape index (κ2) is 15.3. The molecule has 0 atom stereocenters. The summed E-state index contributed by atoms with van der Waals surface area (Å²) in [6.45, 7) is 2.23. The van der Waals surface area contributed by atoms with Crippen LogP contribution in [0.5, 0.6) is 11.5 Å². The first-order valence-corrected chi connectivity index (χ1v) is 13.3. The third-order valence-corrected chi connectivity index (χ3v) is 6.28. The number of non-ortho nitro benzene ring substituents is 1. The van der Waals surface area contributed by atoms with Crippen LogP contribution < -0.4 is 9.47 Å². The van der Waals surface area contributed by atoms with Crippen LogP contribution in [0.4, 0.5) is 5.69 Å². The Morgan fingerprint density at radius 1 is 0.658 bits per heavy atom. The van der Waals surface area contributed by atoms with Crippen LogP contribution in [0.15, 0.2) is 72.8 Å². The van der Waals surface area contributed by atoms with Crippen LogP contribution in [0.2, 0.25) is 0 Å². The van der Waals surface area contributed by atoms with Gasteiger partial charge in [-0.1, -0.05) is 82.6 Å². The molecule has 0 aromatic heterocycles. The molecule has 3 aromatic rings. The van der Waals surface area contributed by atoms with Gasteiger partial charge in [0.05, 0.1) is 10.5 Å². The minimum absolute atomic E-state index is 0.0752. The minimum Gasteiger partial charge on any atom is -0.427 e. The van der Waals surface area contributed by atoms with E-state index in [9.17, 15) is 19.7 Å². The van der Waals surface area contributed by atoms with Gasteiger partial charge in [-0.25, -0.2) is 4.79 Å². The number of carbonyl (C=O) groups excluding carboxylic acids is 2. The van der Waals surface area contributed by atoms with Crippen molar-refractivity contribution in [3.63, 3.8) is 0 Å². The van der Waals surface area contributed by atoms with Gasteiger partial charge in [0.2, 0.25) is 0 Å². The molecule has 200 valence electrons. The van der Waals surface area contributed by atoms with Gasteiger partial charge in [-0.15, -0.1) is 0 Å². The Bertz CT molecular complexity index is 1170. The van der Waals surface area contributed by atoms with Crippen LogP contribution in [0.1, 0.15) is 81.5 Å². The van der Waals surface area contributed by atoms with Crippen molar-refractivity contribution in [1.82, 2.24) is 0 Å². The van der Waals surface area contributed by atoms with Gasteiger partial charge < -0.3 is 9.47 Å². The van der Waals surface area contributed by atoms with Crippen molar-refractivity contribution in [2.45, 2.75) is 71.1 Å². The van der Waals surface area contributed by atoms with Gasteiger partial charge in [-0.3, -0.25) is 14.9 Å². The average Bonchev–Trinajstić information content (AvgIpc) is 2.93. The van der Waals surface area contributed by atoms with Gasteiger partial charge in [0, 0.05) is 18.6 Å². The van der Waals surface area contributed by atoms with Crippen molar-refractivity contribution >= 4 is 17.6 Å². The molecule has 0 aliphatic heterocycles. The third-order valence-electron chi connectivity index (χ3n) is 6.28. The molecule has 7 nitrogen and oxygen atoms in total. The molecule has 0 saturated carbocycles. The SMILES string of the molecule is CCCCCCCCCCCC(=O)Oc1ccc(-c2ccc(C(=O)Oc3ccc([N+](=O)[O-])cc3)cc2)cc1. The first-order valence-electron chi connectivity index (χ1n) is 13.3. The number of ether oxygens (including phenoxy) is 2. The van der Waals surface area contributed by atoms with Crippen molar-refractivity contribution in [2.75, 3.05) is 0 Å². The molecule has 38 heavy (non-hydrogen) atoms. The molecular formula is C31H35NO6. The number of esters is 2. The zero-order valence-corrected chi connectivity index (χ0v) is 21.9. The number of nitro groups is 1. The fraction of sp³-hybridized carbons (Fsp3) is 0.355. The molecule has 0 heterocycles. The lowest BCUT2D eigenvalue weighted by Gasteiger charge is -2.08. The molecule has 0 radical (unpaired) electrons. The Kier molecular flexibility index (Phi) is 11.5. The van der Waals surface area contributed by atoms with E-state index in [2.05, 4.69) is 6.92 Å². The molecule has 0 aliphatic rings. The van der Waals surface area contributed by atoms with Gasteiger partial charge in [-0.05, 0) is 53.9 Å². The van der Waals surface area contributed by atoms with Crippen molar-refractivity contribution in [3.8, 4) is 22.6 Å². The lowest BCUT2D eigenvalue weighted by molar-refractivity contribution is -0.384. The Morgan fingerprint density at radius 3 is 1.68 bits per heavy atom. The average molecular weight is 518 g/mol. The molecule has 0 saturated heterocycles. The van der Waals surface area contributed by atoms with E-state index in [4.69, 9.17) is 9.47 Å². The second-order valence-electron chi connectivity index (χ2n) is 9.29. The highest BCUT2D eigenvalue weighted by atomic mass is 16.6. The maximum atomic E-state index is 12.4. The van der Waals surface area contributed by atoms with Crippen molar-refractivity contribution in [1.29, 1.82) is 0 Å². The quantitative estimate of drug-likeness (QED) is 0.0661. The number of hydrogen-bond donors (Lipinski definition) is 0. The van der Waals surface area contributed by atoms with Crippen molar-refractivity contribution in [3.05, 3.63) is 88.5 Å². The molecule has 0 aliphatic carbocycles. The minimum atomic E-state index is -0.556. The summed E-state index contributed by atoms with van der Waals surface area (Å²) < 4.78 is 10.8. The summed E-state index contributed by atoms with van der Waals surface area (Å²) in [4.78, 5) is 34.8. The molecular weight excluding hydrogens is 482 g/mol. The predicted octanol–water partition coefficient (Wildman–Crippen LogP) is 8.31. The van der Waals surface area contributed by atoms with E-state index in [0.29, 0.717) is 17.7 Å². The Balaban J connectivity index is 1.41. The Morgan fingerprint density at radius 2 is 1.13 bits per heavy atom. The van der Waals surface area contributed by atoms with E-state index in [1.54, 1.807) is 36.4 Å². The largest absolute Gasteiger partial charge is 0.427 e. The smallest absolute Gasteiger partial charge is 0.343 e. The normalized spacial score (nSPS) is 10.7. The van der Waals surface area contributed by atoms with Gasteiger partial charge in [0.1, 0.15) is 11.5 Å². The zero-order chi connectivity index (χ0) is 27.2. The summed E-state index contributed by atoms with van der Waals surface area (Å²) in [6.07, 6.45) is 11.3. The maximum Gasteiger partial charge on any atom is 0.343 e. The van der Waals surface area contributed by atoms with Gasteiger partial charge in [-0.2, -0.15) is 0 Å². The van der Waals surface area contributed by atoms with E-state index in [0.717, 1.165) is 24.0 Å². The fourth-order valence-corrected chi connectivity index (χ4v) is 4.08. The standard InChI is InChI=1S/C31H35NO6/c1-2-3-4-5-6-7-8-9-10-11-30(33)37-28-20-16-25(17-21-28)24-12-14-26(15-13-24)31(34)38-29-22-18-27(19-23-29)32(35)36/h12-23H,2-11H2,1H3. The van der Waals surface area contributed by atoms with Crippen LogP contribution in [0.3, 0.4) is 0 Å².